The van der Waals surface area contributed by atoms with Crippen LogP contribution in [0.2, 0.25) is 0 Å². The van der Waals surface area contributed by atoms with Crippen molar-refractivity contribution in [3.05, 3.63) is 29.6 Å². The van der Waals surface area contributed by atoms with Crippen molar-refractivity contribution in [1.82, 2.24) is 10.2 Å². The fourth-order valence-electron chi connectivity index (χ4n) is 2.82. The maximum atomic E-state index is 13.6. The lowest BCUT2D eigenvalue weighted by atomic mass is 10.1. The van der Waals surface area contributed by atoms with Crippen molar-refractivity contribution in [1.29, 1.82) is 0 Å². The average Bonchev–Trinajstić information content (AvgIpc) is 2.91. The van der Waals surface area contributed by atoms with Gasteiger partial charge in [-0.15, -0.1) is 0 Å². The Balaban J connectivity index is 2.00. The first kappa shape index (κ1) is 14.8. The molecule has 1 fully saturated rings. The van der Waals surface area contributed by atoms with Crippen LogP contribution in [-0.2, 0) is 0 Å². The van der Waals surface area contributed by atoms with Crippen molar-refractivity contribution < 1.29 is 9.18 Å². The van der Waals surface area contributed by atoms with Gasteiger partial charge in [-0.1, -0.05) is 13.0 Å². The van der Waals surface area contributed by atoms with Gasteiger partial charge < -0.3 is 10.6 Å². The van der Waals surface area contributed by atoms with Crippen LogP contribution in [0.25, 0.3) is 0 Å². The number of hydrogen-bond acceptors (Lipinski definition) is 3. The third-order valence-electron chi connectivity index (χ3n) is 3.91. The van der Waals surface area contributed by atoms with Crippen molar-refractivity contribution >= 4 is 11.6 Å². The summed E-state index contributed by atoms with van der Waals surface area (Å²) in [6, 6.07) is 4.93. The lowest BCUT2D eigenvalue weighted by Gasteiger charge is -2.23. The molecule has 4 nitrogen and oxygen atoms in total. The Labute approximate surface area is 119 Å². The van der Waals surface area contributed by atoms with Crippen molar-refractivity contribution in [3.8, 4) is 0 Å². The van der Waals surface area contributed by atoms with Crippen LogP contribution >= 0.6 is 0 Å². The number of anilines is 1. The Morgan fingerprint density at radius 2 is 2.30 bits per heavy atom. The lowest BCUT2D eigenvalue weighted by Crippen LogP contribution is -2.40. The summed E-state index contributed by atoms with van der Waals surface area (Å²) in [6.07, 6.45) is 2.28. The number of likely N-dealkylation sites (tertiary alicyclic amines) is 1. The van der Waals surface area contributed by atoms with Crippen LogP contribution in [0.15, 0.2) is 18.2 Å². The van der Waals surface area contributed by atoms with E-state index in [1.165, 1.54) is 12.5 Å². The molecule has 2 N–H and O–H groups in total. The minimum absolute atomic E-state index is 0.225. The lowest BCUT2D eigenvalue weighted by molar-refractivity contribution is 0.0942. The molecule has 20 heavy (non-hydrogen) atoms. The molecule has 2 rings (SSSR count). The molecule has 1 aromatic carbocycles. The number of para-hydroxylation sites is 1. The highest BCUT2D eigenvalue weighted by Crippen LogP contribution is 2.20. The maximum Gasteiger partial charge on any atom is 0.253 e. The number of amides is 1. The first-order chi connectivity index (χ1) is 9.67. The third kappa shape index (κ3) is 3.10. The zero-order chi connectivity index (χ0) is 14.5. The highest BCUT2D eigenvalue weighted by atomic mass is 19.1. The van der Waals surface area contributed by atoms with E-state index in [1.807, 2.05) is 0 Å². The van der Waals surface area contributed by atoms with Crippen molar-refractivity contribution in [2.45, 2.75) is 25.8 Å². The number of nitrogens with one attached hydrogen (secondary N) is 2. The van der Waals surface area contributed by atoms with E-state index in [0.29, 0.717) is 18.2 Å². The van der Waals surface area contributed by atoms with Crippen LogP contribution in [0.1, 0.15) is 30.1 Å². The SMILES string of the molecule is CCN1CCCC1CNC(=O)c1cccc(F)c1NC. The van der Waals surface area contributed by atoms with Crippen LogP contribution in [0, 0.1) is 5.82 Å². The summed E-state index contributed by atoms with van der Waals surface area (Å²) >= 11 is 0. The second-order valence-electron chi connectivity index (χ2n) is 5.05. The van der Waals surface area contributed by atoms with Crippen molar-refractivity contribution in [2.75, 3.05) is 32.0 Å². The van der Waals surface area contributed by atoms with Crippen LogP contribution in [0.3, 0.4) is 0 Å². The Bertz CT molecular complexity index is 478. The molecule has 0 aliphatic carbocycles. The second-order valence-corrected chi connectivity index (χ2v) is 5.05. The van der Waals surface area contributed by atoms with Gasteiger partial charge in [0.1, 0.15) is 5.82 Å². The van der Waals surface area contributed by atoms with E-state index in [1.54, 1.807) is 19.2 Å². The van der Waals surface area contributed by atoms with Crippen molar-refractivity contribution in [3.63, 3.8) is 0 Å². The molecule has 0 radical (unpaired) electrons. The molecular weight excluding hydrogens is 257 g/mol. The maximum absolute atomic E-state index is 13.6. The van der Waals surface area contributed by atoms with Gasteiger partial charge >= 0.3 is 0 Å². The number of rotatable bonds is 5. The molecule has 1 aliphatic heterocycles. The third-order valence-corrected chi connectivity index (χ3v) is 3.91. The number of carbonyl (C=O) groups is 1. The standard InChI is InChI=1S/C15H22FN3O/c1-3-19-9-5-6-11(19)10-18-15(20)12-7-4-8-13(16)14(12)17-2/h4,7-8,11,17H,3,5-6,9-10H2,1-2H3,(H,18,20). The second kappa shape index (κ2) is 6.70. The van der Waals surface area contributed by atoms with Crippen LogP contribution in [-0.4, -0.2) is 43.5 Å². The van der Waals surface area contributed by atoms with Gasteiger partial charge in [-0.3, -0.25) is 9.69 Å². The van der Waals surface area contributed by atoms with Gasteiger partial charge in [0.2, 0.25) is 0 Å². The summed E-state index contributed by atoms with van der Waals surface area (Å²) in [7, 11) is 1.62. The Hall–Kier alpha value is -1.62. The molecule has 1 aliphatic rings. The summed E-state index contributed by atoms with van der Waals surface area (Å²) in [5, 5.41) is 5.67. The largest absolute Gasteiger partial charge is 0.385 e. The quantitative estimate of drug-likeness (QED) is 0.867. The number of nitrogens with zero attached hydrogens (tertiary/aromatic N) is 1. The van der Waals surface area contributed by atoms with Gasteiger partial charge in [-0.25, -0.2) is 4.39 Å². The molecular formula is C15H22FN3O. The van der Waals surface area contributed by atoms with Crippen molar-refractivity contribution in [2.24, 2.45) is 0 Å². The zero-order valence-electron chi connectivity index (χ0n) is 12.1. The highest BCUT2D eigenvalue weighted by molar-refractivity contribution is 5.99. The predicted octanol–water partition coefficient (Wildman–Crippen LogP) is 2.08. The van der Waals surface area contributed by atoms with Gasteiger partial charge in [0.05, 0.1) is 11.3 Å². The first-order valence-electron chi connectivity index (χ1n) is 7.15. The number of hydrogen-bond donors (Lipinski definition) is 2. The molecule has 1 amide bonds. The summed E-state index contributed by atoms with van der Waals surface area (Å²) in [5.41, 5.74) is 0.609. The van der Waals surface area contributed by atoms with Gasteiger partial charge in [0.25, 0.3) is 5.91 Å². The molecule has 5 heteroatoms. The Morgan fingerprint density at radius 1 is 1.50 bits per heavy atom. The Morgan fingerprint density at radius 3 is 3.00 bits per heavy atom. The fourth-order valence-corrected chi connectivity index (χ4v) is 2.82. The smallest absolute Gasteiger partial charge is 0.253 e. The first-order valence-corrected chi connectivity index (χ1v) is 7.15. The molecule has 1 saturated heterocycles. The summed E-state index contributed by atoms with van der Waals surface area (Å²) in [4.78, 5) is 14.6. The normalized spacial score (nSPS) is 19.1. The molecule has 0 saturated carbocycles. The zero-order valence-corrected chi connectivity index (χ0v) is 12.1. The van der Waals surface area contributed by atoms with Gasteiger partial charge in [-0.05, 0) is 38.1 Å². The van der Waals surface area contributed by atoms with Gasteiger partial charge in [-0.2, -0.15) is 0 Å². The minimum atomic E-state index is -0.406. The topological polar surface area (TPSA) is 44.4 Å². The van der Waals surface area contributed by atoms with E-state index in [0.717, 1.165) is 19.5 Å². The minimum Gasteiger partial charge on any atom is -0.385 e. The molecule has 0 spiro atoms. The van der Waals surface area contributed by atoms with Crippen LogP contribution in [0.5, 0.6) is 0 Å². The number of carbonyl (C=O) groups excluding carboxylic acids is 1. The summed E-state index contributed by atoms with van der Waals surface area (Å²) < 4.78 is 13.6. The van der Waals surface area contributed by atoms with E-state index in [-0.39, 0.29) is 11.6 Å². The summed E-state index contributed by atoms with van der Waals surface area (Å²) in [6.45, 7) is 4.85. The van der Waals surface area contributed by atoms with E-state index in [4.69, 9.17) is 0 Å². The summed E-state index contributed by atoms with van der Waals surface area (Å²) in [5.74, 6) is -0.631. The average molecular weight is 279 g/mol. The monoisotopic (exact) mass is 279 g/mol. The van der Waals surface area contributed by atoms with Gasteiger partial charge in [0.15, 0.2) is 0 Å². The van der Waals surface area contributed by atoms with Crippen LogP contribution in [0.4, 0.5) is 10.1 Å². The molecule has 110 valence electrons. The highest BCUT2D eigenvalue weighted by Gasteiger charge is 2.23. The van der Waals surface area contributed by atoms with E-state index < -0.39 is 5.82 Å². The number of benzene rings is 1. The molecule has 0 aromatic heterocycles. The van der Waals surface area contributed by atoms with E-state index in [9.17, 15) is 9.18 Å². The predicted molar refractivity (Wildman–Crippen MR) is 78.5 cm³/mol. The fraction of sp³-hybridized carbons (Fsp3) is 0.533. The molecule has 1 atom stereocenters. The van der Waals surface area contributed by atoms with Gasteiger partial charge in [0, 0.05) is 19.6 Å². The molecule has 1 unspecified atom stereocenters. The van der Waals surface area contributed by atoms with E-state index >= 15 is 0 Å². The molecule has 1 aromatic rings. The number of likely N-dealkylation sites (N-methyl/N-ethyl adjacent to an activating group) is 1. The molecule has 0 bridgehead atoms. The van der Waals surface area contributed by atoms with E-state index in [2.05, 4.69) is 22.5 Å². The van der Waals surface area contributed by atoms with Crippen LogP contribution < -0.4 is 10.6 Å². The Kier molecular flexibility index (Phi) is 4.95. The number of halogens is 1. The molecule has 1 heterocycles.